The second-order valence-electron chi connectivity index (χ2n) is 4.76. The van der Waals surface area contributed by atoms with Gasteiger partial charge in [0.2, 0.25) is 0 Å². The molecular weight excluding hydrogens is 274 g/mol. The zero-order valence-electron chi connectivity index (χ0n) is 11.3. The quantitative estimate of drug-likeness (QED) is 0.789. The number of thiophene rings is 1. The fourth-order valence-electron chi connectivity index (χ4n) is 2.21. The van der Waals surface area contributed by atoms with Crippen LogP contribution in [0.5, 0.6) is 0 Å². The summed E-state index contributed by atoms with van der Waals surface area (Å²) in [6.45, 7) is 7.27. The molecule has 100 valence electrons. The van der Waals surface area contributed by atoms with E-state index in [9.17, 15) is 0 Å². The number of fused-ring (bicyclic) bond motifs is 1. The lowest BCUT2D eigenvalue weighted by Gasteiger charge is -2.12. The topological polar surface area (TPSA) is 29.3 Å². The Kier molecular flexibility index (Phi) is 3.43. The molecule has 0 amide bonds. The summed E-state index contributed by atoms with van der Waals surface area (Å²) in [4.78, 5) is 8.39. The standard InChI is InChI=1S/C14H17N3S2/c1-9-8-17-12(10(2)16-14(17)19-9)7-15-11(3)13-5-4-6-18-13/h4-6,8,11,15H,7H2,1-3H3/t11-/m0/s1. The summed E-state index contributed by atoms with van der Waals surface area (Å²) in [5.74, 6) is 0. The van der Waals surface area contributed by atoms with Gasteiger partial charge in [0.15, 0.2) is 4.96 Å². The molecule has 3 aromatic rings. The molecule has 0 aromatic carbocycles. The molecule has 3 aromatic heterocycles. The van der Waals surface area contributed by atoms with E-state index in [-0.39, 0.29) is 0 Å². The minimum atomic E-state index is 0.379. The van der Waals surface area contributed by atoms with Crippen LogP contribution in [0, 0.1) is 13.8 Å². The third kappa shape index (κ3) is 2.45. The minimum absolute atomic E-state index is 0.379. The van der Waals surface area contributed by atoms with Crippen molar-refractivity contribution in [3.63, 3.8) is 0 Å². The van der Waals surface area contributed by atoms with Crippen molar-refractivity contribution in [1.82, 2.24) is 14.7 Å². The second-order valence-corrected chi connectivity index (χ2v) is 6.95. The van der Waals surface area contributed by atoms with Crippen molar-refractivity contribution in [2.24, 2.45) is 0 Å². The first-order valence-electron chi connectivity index (χ1n) is 6.36. The predicted octanol–water partition coefficient (Wildman–Crippen LogP) is 3.92. The van der Waals surface area contributed by atoms with Gasteiger partial charge in [-0.3, -0.25) is 4.40 Å². The van der Waals surface area contributed by atoms with Gasteiger partial charge in [-0.1, -0.05) is 6.07 Å². The molecule has 0 radical (unpaired) electrons. The number of imidazole rings is 1. The average molecular weight is 291 g/mol. The van der Waals surface area contributed by atoms with E-state index in [2.05, 4.69) is 59.2 Å². The van der Waals surface area contributed by atoms with Gasteiger partial charge in [-0.2, -0.15) is 0 Å². The van der Waals surface area contributed by atoms with E-state index >= 15 is 0 Å². The van der Waals surface area contributed by atoms with Crippen LogP contribution in [0.3, 0.4) is 0 Å². The van der Waals surface area contributed by atoms with E-state index in [1.165, 1.54) is 15.4 Å². The molecule has 0 saturated carbocycles. The van der Waals surface area contributed by atoms with Crippen LogP contribution in [0.1, 0.15) is 34.1 Å². The molecule has 0 saturated heterocycles. The monoisotopic (exact) mass is 291 g/mol. The molecule has 0 fully saturated rings. The lowest BCUT2D eigenvalue weighted by atomic mass is 10.2. The first-order valence-corrected chi connectivity index (χ1v) is 8.05. The molecule has 3 heterocycles. The zero-order chi connectivity index (χ0) is 13.4. The van der Waals surface area contributed by atoms with Gasteiger partial charge in [0.05, 0.1) is 11.4 Å². The summed E-state index contributed by atoms with van der Waals surface area (Å²) < 4.78 is 2.21. The fraction of sp³-hybridized carbons (Fsp3) is 0.357. The van der Waals surface area contributed by atoms with Crippen molar-refractivity contribution in [1.29, 1.82) is 0 Å². The molecule has 0 unspecified atom stereocenters. The third-order valence-electron chi connectivity index (χ3n) is 3.29. The van der Waals surface area contributed by atoms with Crippen LogP contribution in [0.25, 0.3) is 4.96 Å². The second kappa shape index (κ2) is 5.07. The molecule has 19 heavy (non-hydrogen) atoms. The Balaban J connectivity index is 1.79. The highest BCUT2D eigenvalue weighted by atomic mass is 32.1. The summed E-state index contributed by atoms with van der Waals surface area (Å²) in [6.07, 6.45) is 2.17. The summed E-state index contributed by atoms with van der Waals surface area (Å²) in [6, 6.07) is 4.66. The van der Waals surface area contributed by atoms with Crippen molar-refractivity contribution in [3.05, 3.63) is 44.9 Å². The van der Waals surface area contributed by atoms with Gasteiger partial charge < -0.3 is 5.32 Å². The normalized spacial score (nSPS) is 13.2. The Morgan fingerprint density at radius 3 is 3.00 bits per heavy atom. The number of hydrogen-bond acceptors (Lipinski definition) is 4. The first-order chi connectivity index (χ1) is 9.15. The van der Waals surface area contributed by atoms with Crippen molar-refractivity contribution in [2.75, 3.05) is 0 Å². The Morgan fingerprint density at radius 2 is 2.26 bits per heavy atom. The summed E-state index contributed by atoms with van der Waals surface area (Å²) >= 11 is 3.54. The highest BCUT2D eigenvalue weighted by molar-refractivity contribution is 7.17. The molecule has 1 N–H and O–H groups in total. The summed E-state index contributed by atoms with van der Waals surface area (Å²) in [7, 11) is 0. The van der Waals surface area contributed by atoms with E-state index in [1.807, 2.05) is 0 Å². The number of rotatable bonds is 4. The Labute approximate surface area is 120 Å². The first kappa shape index (κ1) is 12.8. The lowest BCUT2D eigenvalue weighted by Crippen LogP contribution is -2.18. The highest BCUT2D eigenvalue weighted by Crippen LogP contribution is 2.22. The molecule has 3 rings (SSSR count). The maximum atomic E-state index is 4.62. The number of aromatic nitrogens is 2. The van der Waals surface area contributed by atoms with Gasteiger partial charge in [0.1, 0.15) is 0 Å². The largest absolute Gasteiger partial charge is 0.304 e. The summed E-state index contributed by atoms with van der Waals surface area (Å²) in [5, 5.41) is 5.71. The number of aryl methyl sites for hydroxylation is 2. The maximum Gasteiger partial charge on any atom is 0.194 e. The van der Waals surface area contributed by atoms with Crippen LogP contribution in [0.2, 0.25) is 0 Å². The molecular formula is C14H17N3S2. The van der Waals surface area contributed by atoms with E-state index in [0.29, 0.717) is 6.04 Å². The highest BCUT2D eigenvalue weighted by Gasteiger charge is 2.12. The average Bonchev–Trinajstić information content (AvgIpc) is 3.03. The van der Waals surface area contributed by atoms with E-state index in [0.717, 1.165) is 17.2 Å². The molecule has 0 aliphatic rings. The number of thiazole rings is 1. The number of nitrogens with zero attached hydrogens (tertiary/aromatic N) is 2. The smallest absolute Gasteiger partial charge is 0.194 e. The Morgan fingerprint density at radius 1 is 1.42 bits per heavy atom. The van der Waals surface area contributed by atoms with Crippen LogP contribution in [0.4, 0.5) is 0 Å². The van der Waals surface area contributed by atoms with E-state index in [4.69, 9.17) is 0 Å². The van der Waals surface area contributed by atoms with E-state index in [1.54, 1.807) is 22.7 Å². The van der Waals surface area contributed by atoms with Gasteiger partial charge in [-0.25, -0.2) is 4.98 Å². The van der Waals surface area contributed by atoms with Gasteiger partial charge in [-0.15, -0.1) is 22.7 Å². The molecule has 5 heteroatoms. The lowest BCUT2D eigenvalue weighted by molar-refractivity contribution is 0.572. The van der Waals surface area contributed by atoms with Crippen molar-refractivity contribution in [3.8, 4) is 0 Å². The Bertz CT molecular complexity index is 679. The molecule has 1 atom stereocenters. The van der Waals surface area contributed by atoms with Gasteiger partial charge in [0.25, 0.3) is 0 Å². The minimum Gasteiger partial charge on any atom is -0.304 e. The Hall–Kier alpha value is -1.17. The van der Waals surface area contributed by atoms with Crippen molar-refractivity contribution >= 4 is 27.6 Å². The van der Waals surface area contributed by atoms with Gasteiger partial charge in [-0.05, 0) is 32.2 Å². The van der Waals surface area contributed by atoms with Gasteiger partial charge >= 0.3 is 0 Å². The molecule has 3 nitrogen and oxygen atoms in total. The van der Waals surface area contributed by atoms with Crippen molar-refractivity contribution in [2.45, 2.75) is 33.4 Å². The van der Waals surface area contributed by atoms with Crippen molar-refractivity contribution < 1.29 is 0 Å². The maximum absolute atomic E-state index is 4.62. The predicted molar refractivity (Wildman–Crippen MR) is 82.1 cm³/mol. The molecule has 0 bridgehead atoms. The summed E-state index contributed by atoms with van der Waals surface area (Å²) in [5.41, 5.74) is 2.39. The number of nitrogens with one attached hydrogen (secondary N) is 1. The van der Waals surface area contributed by atoms with Crippen LogP contribution in [-0.4, -0.2) is 9.38 Å². The van der Waals surface area contributed by atoms with Crippen LogP contribution >= 0.6 is 22.7 Å². The number of hydrogen-bond donors (Lipinski definition) is 1. The molecule has 0 aliphatic carbocycles. The SMILES string of the molecule is Cc1cn2c(CN[C@@H](C)c3cccs3)c(C)nc2s1. The van der Waals surface area contributed by atoms with Crippen LogP contribution in [0.15, 0.2) is 23.7 Å². The third-order valence-corrected chi connectivity index (χ3v) is 5.24. The zero-order valence-corrected chi connectivity index (χ0v) is 12.9. The van der Waals surface area contributed by atoms with E-state index < -0.39 is 0 Å². The molecule has 0 aliphatic heterocycles. The van der Waals surface area contributed by atoms with Crippen LogP contribution < -0.4 is 5.32 Å². The van der Waals surface area contributed by atoms with Gasteiger partial charge in [0, 0.05) is 28.5 Å². The molecule has 0 spiro atoms. The van der Waals surface area contributed by atoms with Crippen LogP contribution in [-0.2, 0) is 6.54 Å². The fourth-order valence-corrected chi connectivity index (χ4v) is 3.86.